The van der Waals surface area contributed by atoms with Gasteiger partial charge in [-0.3, -0.25) is 0 Å². The van der Waals surface area contributed by atoms with Crippen LogP contribution in [0, 0.1) is 6.04 Å². The summed E-state index contributed by atoms with van der Waals surface area (Å²) in [4.78, 5) is 10.6. The summed E-state index contributed by atoms with van der Waals surface area (Å²) in [5, 5.41) is 16.0. The van der Waals surface area contributed by atoms with E-state index in [0.717, 1.165) is 5.70 Å². The minimum atomic E-state index is -1.03. The number of azo groups is 1. The molecule has 2 heterocycles. The third-order valence-corrected chi connectivity index (χ3v) is 1.84. The molecule has 0 aromatic heterocycles. The monoisotopic (exact) mass is 167 g/mol. The average Bonchev–Trinajstić information content (AvgIpc) is 2.47. The van der Waals surface area contributed by atoms with Gasteiger partial charge in [0.2, 0.25) is 6.04 Å². The van der Waals surface area contributed by atoms with Crippen LogP contribution in [-0.4, -0.2) is 24.3 Å². The highest BCUT2D eigenvalue weighted by Gasteiger charge is 2.33. The molecule has 0 spiro atoms. The Kier molecular flexibility index (Phi) is 1.65. The van der Waals surface area contributed by atoms with Crippen molar-refractivity contribution in [3.63, 3.8) is 0 Å². The topological polar surface area (TPSA) is 71.2 Å². The number of hydrogen-bond donors (Lipinski definition) is 1. The van der Waals surface area contributed by atoms with Crippen molar-refractivity contribution in [3.05, 3.63) is 17.3 Å². The second kappa shape index (κ2) is 2.67. The smallest absolute Gasteiger partial charge is 0.341 e. The molecule has 0 atom stereocenters. The Morgan fingerprint density at radius 2 is 2.33 bits per heavy atom. The van der Waals surface area contributed by atoms with Crippen molar-refractivity contribution in [2.45, 2.75) is 6.42 Å². The van der Waals surface area contributed by atoms with E-state index in [2.05, 4.69) is 10.2 Å². The van der Waals surface area contributed by atoms with E-state index in [1.165, 1.54) is 0 Å². The van der Waals surface area contributed by atoms with Gasteiger partial charge in [0.05, 0.1) is 18.9 Å². The second-order valence-electron chi connectivity index (χ2n) is 2.58. The highest BCUT2D eigenvalue weighted by molar-refractivity contribution is 5.88. The fourth-order valence-electron chi connectivity index (χ4n) is 1.24. The van der Waals surface area contributed by atoms with Crippen LogP contribution < -0.4 is 0 Å². The molecular formula is C7H7N2O3. The normalized spacial score (nSPS) is 23.0. The molecule has 2 rings (SSSR count). The molecule has 63 valence electrons. The first kappa shape index (κ1) is 7.42. The molecule has 0 aromatic carbocycles. The van der Waals surface area contributed by atoms with Gasteiger partial charge in [-0.2, -0.15) is 10.2 Å². The maximum Gasteiger partial charge on any atom is 0.341 e. The van der Waals surface area contributed by atoms with Crippen molar-refractivity contribution in [2.75, 3.05) is 13.2 Å². The zero-order valence-corrected chi connectivity index (χ0v) is 6.28. The Morgan fingerprint density at radius 3 is 3.08 bits per heavy atom. The molecule has 0 saturated carbocycles. The summed E-state index contributed by atoms with van der Waals surface area (Å²) in [5.41, 5.74) is 1.40. The molecule has 0 aliphatic carbocycles. The molecule has 0 bridgehead atoms. The fraction of sp³-hybridized carbons (Fsp3) is 0.429. The van der Waals surface area contributed by atoms with Crippen LogP contribution in [0.5, 0.6) is 0 Å². The van der Waals surface area contributed by atoms with E-state index in [9.17, 15) is 4.79 Å². The van der Waals surface area contributed by atoms with Gasteiger partial charge in [0, 0.05) is 12.0 Å². The summed E-state index contributed by atoms with van der Waals surface area (Å²) < 4.78 is 5.10. The maximum atomic E-state index is 10.6. The number of carbonyl (C=O) groups is 1. The number of ether oxygens (including phenoxy) is 1. The van der Waals surface area contributed by atoms with Gasteiger partial charge < -0.3 is 9.84 Å². The summed E-state index contributed by atoms with van der Waals surface area (Å²) >= 11 is 0. The lowest BCUT2D eigenvalue weighted by atomic mass is 10.1. The zero-order chi connectivity index (χ0) is 8.55. The van der Waals surface area contributed by atoms with Crippen molar-refractivity contribution < 1.29 is 14.6 Å². The first-order valence-corrected chi connectivity index (χ1v) is 3.61. The fourth-order valence-corrected chi connectivity index (χ4v) is 1.24. The lowest BCUT2D eigenvalue weighted by Gasteiger charge is -2.13. The van der Waals surface area contributed by atoms with Crippen LogP contribution in [0.1, 0.15) is 6.42 Å². The lowest BCUT2D eigenvalue weighted by Crippen LogP contribution is -2.17. The van der Waals surface area contributed by atoms with E-state index in [1.54, 1.807) is 0 Å². The number of rotatable bonds is 1. The summed E-state index contributed by atoms with van der Waals surface area (Å²) in [6.45, 7) is 0.925. The zero-order valence-electron chi connectivity index (χ0n) is 6.28. The van der Waals surface area contributed by atoms with Crippen LogP contribution >= 0.6 is 0 Å². The highest BCUT2D eigenvalue weighted by Crippen LogP contribution is 2.32. The van der Waals surface area contributed by atoms with Crippen molar-refractivity contribution in [3.8, 4) is 0 Å². The second-order valence-corrected chi connectivity index (χ2v) is 2.58. The van der Waals surface area contributed by atoms with Crippen LogP contribution in [0.15, 0.2) is 21.5 Å². The summed E-state index contributed by atoms with van der Waals surface area (Å²) in [5.74, 6) is -1.03. The van der Waals surface area contributed by atoms with Gasteiger partial charge in [0.25, 0.3) is 0 Å². The number of aliphatic carboxylic acids is 1. The molecule has 0 amide bonds. The molecule has 12 heavy (non-hydrogen) atoms. The lowest BCUT2D eigenvalue weighted by molar-refractivity contribution is -0.134. The molecule has 5 heteroatoms. The van der Waals surface area contributed by atoms with Crippen molar-refractivity contribution in [2.24, 2.45) is 10.2 Å². The van der Waals surface area contributed by atoms with E-state index in [1.807, 2.05) is 0 Å². The largest absolute Gasteiger partial charge is 0.479 e. The number of carboxylic acids is 1. The summed E-state index contributed by atoms with van der Waals surface area (Å²) in [7, 11) is 0. The maximum absolute atomic E-state index is 10.6. The van der Waals surface area contributed by atoms with Crippen LogP contribution in [0.25, 0.3) is 0 Å². The van der Waals surface area contributed by atoms with Crippen LogP contribution in [-0.2, 0) is 9.53 Å². The van der Waals surface area contributed by atoms with Crippen LogP contribution in [0.2, 0.25) is 0 Å². The van der Waals surface area contributed by atoms with Crippen molar-refractivity contribution >= 4 is 5.97 Å². The third kappa shape index (κ3) is 1.02. The molecule has 0 unspecified atom stereocenters. The standard InChI is InChI=1S/C7H7N2O3/c10-7(11)6-4-3-12-2-1-5(4)8-9-6/h1-3H2,(H,10,11). The third-order valence-electron chi connectivity index (χ3n) is 1.84. The molecule has 2 aliphatic rings. The molecular weight excluding hydrogens is 160 g/mol. The number of nitrogens with zero attached hydrogens (tertiary/aromatic N) is 2. The summed E-state index contributed by atoms with van der Waals surface area (Å²) in [6, 6.07) is 0.0321. The van der Waals surface area contributed by atoms with Crippen LogP contribution in [0.4, 0.5) is 0 Å². The van der Waals surface area contributed by atoms with E-state index < -0.39 is 5.97 Å². The quantitative estimate of drug-likeness (QED) is 0.626. The van der Waals surface area contributed by atoms with Gasteiger partial charge in [-0.1, -0.05) is 0 Å². The molecule has 2 aliphatic heterocycles. The number of carboxylic acid groups (broad SMARTS) is 1. The average molecular weight is 167 g/mol. The van der Waals surface area contributed by atoms with Crippen molar-refractivity contribution in [1.82, 2.24) is 0 Å². The molecule has 0 fully saturated rings. The molecule has 1 N–H and O–H groups in total. The molecule has 5 nitrogen and oxygen atoms in total. The predicted molar refractivity (Wildman–Crippen MR) is 38.2 cm³/mol. The first-order chi connectivity index (χ1) is 5.79. The Bertz CT molecular complexity index is 282. The van der Waals surface area contributed by atoms with E-state index in [-0.39, 0.29) is 6.04 Å². The SMILES string of the molecule is O=C(O)[C]1N=NC2=C1COCC2. The van der Waals surface area contributed by atoms with E-state index in [0.29, 0.717) is 25.2 Å². The minimum absolute atomic E-state index is 0.0321. The van der Waals surface area contributed by atoms with E-state index >= 15 is 0 Å². The van der Waals surface area contributed by atoms with Gasteiger partial charge in [-0.05, 0) is 0 Å². The highest BCUT2D eigenvalue weighted by atomic mass is 16.5. The van der Waals surface area contributed by atoms with Gasteiger partial charge in [-0.25, -0.2) is 4.79 Å². The van der Waals surface area contributed by atoms with Gasteiger partial charge >= 0.3 is 5.97 Å². The summed E-state index contributed by atoms with van der Waals surface area (Å²) in [6.07, 6.45) is 0.662. The Morgan fingerprint density at radius 1 is 1.50 bits per heavy atom. The molecule has 0 saturated heterocycles. The van der Waals surface area contributed by atoms with E-state index in [4.69, 9.17) is 9.84 Å². The van der Waals surface area contributed by atoms with Gasteiger partial charge in [-0.15, -0.1) is 0 Å². The first-order valence-electron chi connectivity index (χ1n) is 3.61. The molecule has 1 radical (unpaired) electrons. The minimum Gasteiger partial charge on any atom is -0.479 e. The number of hydrogen-bond acceptors (Lipinski definition) is 4. The Labute approximate surface area is 68.7 Å². The van der Waals surface area contributed by atoms with Gasteiger partial charge in [0.15, 0.2) is 0 Å². The van der Waals surface area contributed by atoms with Crippen LogP contribution in [0.3, 0.4) is 0 Å². The predicted octanol–water partition coefficient (Wildman–Crippen LogP) is 0.743. The Hall–Kier alpha value is -1.23. The Balaban J connectivity index is 2.27. The molecule has 0 aromatic rings. The van der Waals surface area contributed by atoms with Gasteiger partial charge in [0.1, 0.15) is 0 Å². The van der Waals surface area contributed by atoms with Crippen molar-refractivity contribution in [1.29, 1.82) is 0 Å².